The van der Waals surface area contributed by atoms with Gasteiger partial charge in [-0.2, -0.15) is 0 Å². The zero-order valence-corrected chi connectivity index (χ0v) is 22.3. The quantitative estimate of drug-likeness (QED) is 0.159. The molecule has 2 saturated heterocycles. The van der Waals surface area contributed by atoms with E-state index in [0.29, 0.717) is 16.9 Å². The summed E-state index contributed by atoms with van der Waals surface area (Å²) in [5.74, 6) is 0. The third-order valence-corrected chi connectivity index (χ3v) is 8.14. The molecule has 0 amide bonds. The van der Waals surface area contributed by atoms with Crippen LogP contribution in [0, 0.1) is 0 Å². The van der Waals surface area contributed by atoms with E-state index in [0.717, 1.165) is 10.6 Å². The molecule has 0 aromatic carbocycles. The Morgan fingerprint density at radius 1 is 1.23 bits per heavy atom. The van der Waals surface area contributed by atoms with E-state index in [1.807, 2.05) is 0 Å². The van der Waals surface area contributed by atoms with Crippen molar-refractivity contribution in [3.05, 3.63) is 51.7 Å². The van der Waals surface area contributed by atoms with Crippen LogP contribution in [0.5, 0.6) is 0 Å². The van der Waals surface area contributed by atoms with Gasteiger partial charge in [0.1, 0.15) is 36.2 Å². The van der Waals surface area contributed by atoms with E-state index in [4.69, 9.17) is 29.0 Å². The molecule has 0 spiro atoms. The number of aromatic nitrogens is 5. The topological polar surface area (TPSA) is 215 Å². The number of hydrogen-bond acceptors (Lipinski definition) is 13. The van der Waals surface area contributed by atoms with Crippen LogP contribution in [-0.4, -0.2) is 85.1 Å². The Labute approximate surface area is 225 Å². The van der Waals surface area contributed by atoms with Crippen LogP contribution in [0.2, 0.25) is 0 Å². The minimum absolute atomic E-state index is 0.179. The highest BCUT2D eigenvalue weighted by Crippen LogP contribution is 2.56. The second-order valence-electron chi connectivity index (χ2n) is 8.96. The Morgan fingerprint density at radius 2 is 2.03 bits per heavy atom. The van der Waals surface area contributed by atoms with E-state index in [9.17, 15) is 24.4 Å². The second kappa shape index (κ2) is 11.1. The molecule has 39 heavy (non-hydrogen) atoms. The molecule has 5 rings (SSSR count). The van der Waals surface area contributed by atoms with Gasteiger partial charge in [-0.15, -0.1) is 0 Å². The van der Waals surface area contributed by atoms with Gasteiger partial charge in [0.05, 0.1) is 31.3 Å². The highest BCUT2D eigenvalue weighted by molar-refractivity contribution is 8.44. The van der Waals surface area contributed by atoms with E-state index < -0.39 is 67.6 Å². The van der Waals surface area contributed by atoms with Crippen molar-refractivity contribution >= 4 is 35.9 Å². The van der Waals surface area contributed by atoms with Crippen molar-refractivity contribution in [1.82, 2.24) is 24.1 Å². The summed E-state index contributed by atoms with van der Waals surface area (Å²) in [6, 6.07) is 2.74. The molecule has 3 aromatic heterocycles. The van der Waals surface area contributed by atoms with Crippen molar-refractivity contribution in [2.24, 2.45) is 0 Å². The van der Waals surface area contributed by atoms with Gasteiger partial charge in [-0.3, -0.25) is 28.0 Å². The summed E-state index contributed by atoms with van der Waals surface area (Å²) in [6.07, 6.45) is -2.50. The van der Waals surface area contributed by atoms with E-state index in [-0.39, 0.29) is 13.0 Å². The number of nitrogens with zero attached hydrogens (tertiary/aromatic N) is 4. The first-order valence-corrected chi connectivity index (χ1v) is 14.5. The zero-order chi connectivity index (χ0) is 27.9. The number of hydrogen-bond donors (Lipinski definition) is 5. The molecule has 0 aliphatic carbocycles. The summed E-state index contributed by atoms with van der Waals surface area (Å²) in [4.78, 5) is 34.3. The molecule has 5 N–H and O–H groups in total. The van der Waals surface area contributed by atoms with E-state index >= 15 is 0 Å². The Balaban J connectivity index is 1.26. The molecule has 0 bridgehead atoms. The average molecular weight is 587 g/mol. The van der Waals surface area contributed by atoms with Crippen LogP contribution in [0.1, 0.15) is 18.9 Å². The van der Waals surface area contributed by atoms with Gasteiger partial charge in [0, 0.05) is 32.0 Å². The number of pyridine rings is 1. The zero-order valence-electron chi connectivity index (χ0n) is 20.5. The third-order valence-electron chi connectivity index (χ3n) is 6.53. The number of nitrogens with one attached hydrogen (secondary N) is 1. The van der Waals surface area contributed by atoms with Crippen molar-refractivity contribution in [2.45, 2.75) is 49.4 Å². The first-order chi connectivity index (χ1) is 18.6. The monoisotopic (exact) mass is 586 g/mol. The van der Waals surface area contributed by atoms with Gasteiger partial charge in [-0.25, -0.2) is 19.3 Å². The lowest BCUT2D eigenvalue weighted by atomic mass is 10.1. The van der Waals surface area contributed by atoms with Gasteiger partial charge < -0.3 is 30.2 Å². The van der Waals surface area contributed by atoms with Crippen LogP contribution in [0.25, 0.3) is 11.2 Å². The molecule has 2 unspecified atom stereocenters. The third kappa shape index (κ3) is 5.54. The summed E-state index contributed by atoms with van der Waals surface area (Å²) in [6.45, 7) is -5.07. The smallest absolute Gasteiger partial charge is 0.386 e. The molecule has 2 aliphatic rings. The number of H-pyrrole nitrogens is 1. The minimum atomic E-state index is -4.15. The number of ether oxygens (including phenoxy) is 3. The predicted octanol–water partition coefficient (Wildman–Crippen LogP) is -0.443. The normalized spacial score (nSPS) is 30.6. The highest BCUT2D eigenvalue weighted by atomic mass is 32.7. The van der Waals surface area contributed by atoms with Crippen molar-refractivity contribution in [2.75, 3.05) is 26.1 Å². The number of nitrogen functional groups attached to an aromatic ring is 1. The summed E-state index contributed by atoms with van der Waals surface area (Å²) in [7, 11) is 1.31. The van der Waals surface area contributed by atoms with Crippen LogP contribution in [0.3, 0.4) is 0 Å². The van der Waals surface area contributed by atoms with Crippen molar-refractivity contribution < 1.29 is 38.0 Å². The lowest BCUT2D eigenvalue weighted by molar-refractivity contribution is -0.0625. The number of anilines is 1. The molecular weight excluding hydrogens is 559 g/mol. The number of rotatable bonds is 9. The Bertz CT molecular complexity index is 1500. The molecule has 8 atom stereocenters. The van der Waals surface area contributed by atoms with Gasteiger partial charge in [0.25, 0.3) is 5.56 Å². The predicted molar refractivity (Wildman–Crippen MR) is 137 cm³/mol. The van der Waals surface area contributed by atoms with Crippen LogP contribution in [0.4, 0.5) is 5.69 Å². The molecule has 18 heteroatoms. The van der Waals surface area contributed by atoms with Crippen LogP contribution in [-0.2, 0) is 27.8 Å². The van der Waals surface area contributed by atoms with Crippen molar-refractivity contribution in [3.63, 3.8) is 0 Å². The molecular formula is C21H27N6O10PS. The highest BCUT2D eigenvalue weighted by Gasteiger charge is 2.50. The molecule has 3 aromatic rings. The van der Waals surface area contributed by atoms with E-state index in [2.05, 4.69) is 27.2 Å². The maximum Gasteiger partial charge on any atom is 0.386 e. The molecule has 212 valence electrons. The fourth-order valence-corrected chi connectivity index (χ4v) is 6.12. The maximum absolute atomic E-state index is 13.2. The molecule has 0 radical (unpaired) electrons. The largest absolute Gasteiger partial charge is 0.397 e. The molecule has 16 nitrogen and oxygen atoms in total. The van der Waals surface area contributed by atoms with Crippen molar-refractivity contribution in [3.8, 4) is 0 Å². The number of methoxy groups -OCH3 is 1. The standard InChI is InChI=1S/C21H27N6O10PS/c1-33-18-17(12(7-28)36-20(18)26-5-3-14(30)25-21(26)31)37-38(32,39)34-8-13-11(29)6-15(35-13)27-9-24-16-10(22)2-4-23-19(16)27/h2-5,9,11-13,15,17-18,20,28-29H,6-8H2,1H3,(H2,22,23)(H,32,39)(H,25,30,31)/t11?,12-,13-,15-,17?,18+,20-,38-/m1/s1. The molecule has 5 heterocycles. The summed E-state index contributed by atoms with van der Waals surface area (Å²) in [5, 5.41) is 20.4. The van der Waals surface area contributed by atoms with Gasteiger partial charge in [-0.1, -0.05) is 12.2 Å². The van der Waals surface area contributed by atoms with Crippen LogP contribution in [0.15, 0.2) is 40.4 Å². The van der Waals surface area contributed by atoms with Gasteiger partial charge >= 0.3 is 12.5 Å². The SMILES string of the molecule is CO[C@H]1C(O[P@](=O)(S)OC[C@H]2O[C@@H](n3cnc4c(N)ccnc43)CC2O)[C@@H](CO)O[C@H]1n1ccc(=O)[nH]c1=O. The number of thiol groups is 1. The summed E-state index contributed by atoms with van der Waals surface area (Å²) >= 11 is 4.04. The Kier molecular flexibility index (Phi) is 7.96. The van der Waals surface area contributed by atoms with Gasteiger partial charge in [0.2, 0.25) is 0 Å². The summed E-state index contributed by atoms with van der Waals surface area (Å²) in [5.41, 5.74) is 5.98. The van der Waals surface area contributed by atoms with Gasteiger partial charge in [-0.05, 0) is 6.07 Å². The fraction of sp³-hybridized carbons (Fsp3) is 0.524. The average Bonchev–Trinajstić information content (AvgIpc) is 3.58. The van der Waals surface area contributed by atoms with Gasteiger partial charge in [0.15, 0.2) is 11.9 Å². The van der Waals surface area contributed by atoms with Crippen LogP contribution >= 0.6 is 19.0 Å². The molecule has 2 aliphatic heterocycles. The lowest BCUT2D eigenvalue weighted by Gasteiger charge is -2.26. The number of aliphatic hydroxyl groups excluding tert-OH is 2. The molecule has 0 saturated carbocycles. The first-order valence-electron chi connectivity index (χ1n) is 11.8. The van der Waals surface area contributed by atoms with E-state index in [1.165, 1.54) is 25.8 Å². The van der Waals surface area contributed by atoms with E-state index in [1.54, 1.807) is 10.6 Å². The Hall–Kier alpha value is -2.60. The minimum Gasteiger partial charge on any atom is -0.397 e. The number of fused-ring (bicyclic) bond motifs is 1. The molecule has 2 fully saturated rings. The second-order valence-corrected chi connectivity index (χ2v) is 11.8. The Morgan fingerprint density at radius 3 is 2.74 bits per heavy atom. The van der Waals surface area contributed by atoms with Crippen molar-refractivity contribution in [1.29, 1.82) is 0 Å². The number of aliphatic hydroxyl groups is 2. The number of aromatic amines is 1. The number of nitrogens with two attached hydrogens (primary N) is 1. The summed E-state index contributed by atoms with van der Waals surface area (Å²) < 4.78 is 44.0. The maximum atomic E-state index is 13.2. The first kappa shape index (κ1) is 27.9. The lowest BCUT2D eigenvalue weighted by Crippen LogP contribution is -2.39. The number of imidazole rings is 1. The fourth-order valence-electron chi connectivity index (χ4n) is 4.64. The van der Waals surface area contributed by atoms with Crippen LogP contribution < -0.4 is 17.0 Å².